The van der Waals surface area contributed by atoms with Gasteiger partial charge in [0.25, 0.3) is 0 Å². The largest absolute Gasteiger partial charge is 0.333 e. The van der Waals surface area contributed by atoms with E-state index in [-0.39, 0.29) is 6.04 Å². The van der Waals surface area contributed by atoms with E-state index in [0.29, 0.717) is 17.5 Å². The number of rotatable bonds is 4. The van der Waals surface area contributed by atoms with Crippen LogP contribution in [0.1, 0.15) is 29.2 Å². The van der Waals surface area contributed by atoms with E-state index >= 15 is 0 Å². The molecule has 232 valence electrons. The van der Waals surface area contributed by atoms with Crippen LogP contribution in [0, 0.1) is 34.0 Å². The molecule has 5 nitrogen and oxygen atoms in total. The summed E-state index contributed by atoms with van der Waals surface area (Å²) in [7, 11) is 0. The van der Waals surface area contributed by atoms with E-state index in [0.717, 1.165) is 66.4 Å². The lowest BCUT2D eigenvalue weighted by atomic mass is 9.90. The van der Waals surface area contributed by atoms with E-state index in [4.69, 9.17) is 0 Å². The van der Waals surface area contributed by atoms with E-state index in [1.807, 2.05) is 54.6 Å². The number of para-hydroxylation sites is 4. The summed E-state index contributed by atoms with van der Waals surface area (Å²) in [6.45, 7) is 0. The summed E-state index contributed by atoms with van der Waals surface area (Å²) in [5.74, 6) is 0. The molecule has 0 saturated heterocycles. The highest BCUT2D eigenvalue weighted by Gasteiger charge is 2.23. The maximum absolute atomic E-state index is 10.4. The minimum absolute atomic E-state index is 0.0495. The first-order valence-electron chi connectivity index (χ1n) is 16.5. The van der Waals surface area contributed by atoms with E-state index in [2.05, 4.69) is 118 Å². The number of benzene rings is 6. The first-order chi connectivity index (χ1) is 24.7. The third kappa shape index (κ3) is 4.45. The molecule has 0 bridgehead atoms. The molecule has 0 radical (unpaired) electrons. The molecular formula is C45H27N5. The molecule has 2 aromatic heterocycles. The Morgan fingerprint density at radius 3 is 1.88 bits per heavy atom. The molecule has 8 aromatic rings. The smallest absolute Gasteiger partial charge is 0.101 e. The first kappa shape index (κ1) is 29.0. The van der Waals surface area contributed by atoms with Crippen LogP contribution in [0.25, 0.3) is 66.0 Å². The summed E-state index contributed by atoms with van der Waals surface area (Å²) in [6, 6.07) is 52.2. The molecular weight excluding hydrogens is 611 g/mol. The topological polar surface area (TPSA) is 81.2 Å². The quantitative estimate of drug-likeness (QED) is 0.193. The van der Waals surface area contributed by atoms with Gasteiger partial charge in [0.05, 0.1) is 46.0 Å². The van der Waals surface area contributed by atoms with Crippen molar-refractivity contribution < 1.29 is 0 Å². The van der Waals surface area contributed by atoms with Crippen molar-refractivity contribution in [2.75, 3.05) is 0 Å². The molecule has 5 heteroatoms. The first-order valence-corrected chi connectivity index (χ1v) is 16.5. The van der Waals surface area contributed by atoms with E-state index in [1.54, 1.807) is 0 Å². The van der Waals surface area contributed by atoms with Gasteiger partial charge in [0.1, 0.15) is 6.07 Å². The number of fused-ring (bicyclic) bond motifs is 6. The van der Waals surface area contributed by atoms with Crippen molar-refractivity contribution in [3.8, 4) is 35.0 Å². The molecule has 0 fully saturated rings. The Bertz CT molecular complexity index is 2840. The summed E-state index contributed by atoms with van der Waals surface area (Å²) in [5, 5.41) is 34.7. The number of allylic oxidation sites excluding steroid dienone is 4. The number of nitriles is 3. The maximum atomic E-state index is 10.4. The molecule has 1 aliphatic rings. The van der Waals surface area contributed by atoms with Gasteiger partial charge in [0.15, 0.2) is 0 Å². The molecule has 0 spiro atoms. The monoisotopic (exact) mass is 637 g/mol. The fourth-order valence-corrected chi connectivity index (χ4v) is 7.78. The predicted octanol–water partition coefficient (Wildman–Crippen LogP) is 10.8. The van der Waals surface area contributed by atoms with Crippen molar-refractivity contribution >= 4 is 49.2 Å². The standard InChI is InChI=1S/C45H27N5/c46-26-29-19-20-44-40(23-29)39-14-3-6-18-43(39)50(44)45-33(28-48)11-8-15-36(45)32-10-7-9-31(24-32)34-21-30(27-47)22-35(25-34)49-41-16-4-1-12-37(41)38-13-2-5-17-42(38)49/h1-21,23-25,35H,22H2/t35-/m1/s1. The van der Waals surface area contributed by atoms with Gasteiger partial charge in [0, 0.05) is 50.1 Å². The normalized spacial score (nSPS) is 14.3. The molecule has 0 N–H and O–H groups in total. The average molecular weight is 638 g/mol. The Morgan fingerprint density at radius 2 is 1.18 bits per heavy atom. The van der Waals surface area contributed by atoms with Crippen molar-refractivity contribution in [1.82, 2.24) is 9.13 Å². The van der Waals surface area contributed by atoms with Crippen molar-refractivity contribution in [1.29, 1.82) is 15.8 Å². The number of hydrogen-bond donors (Lipinski definition) is 0. The van der Waals surface area contributed by atoms with Gasteiger partial charge in [0.2, 0.25) is 0 Å². The molecule has 0 unspecified atom stereocenters. The van der Waals surface area contributed by atoms with E-state index < -0.39 is 0 Å². The molecule has 50 heavy (non-hydrogen) atoms. The van der Waals surface area contributed by atoms with Crippen LogP contribution in [-0.4, -0.2) is 9.13 Å². The molecule has 1 atom stereocenters. The second kappa shape index (κ2) is 11.5. The van der Waals surface area contributed by atoms with Crippen LogP contribution in [0.2, 0.25) is 0 Å². The van der Waals surface area contributed by atoms with Gasteiger partial charge >= 0.3 is 0 Å². The van der Waals surface area contributed by atoms with Gasteiger partial charge in [-0.05, 0) is 71.3 Å². The van der Waals surface area contributed by atoms with Gasteiger partial charge in [-0.2, -0.15) is 15.8 Å². The van der Waals surface area contributed by atoms with Crippen LogP contribution in [-0.2, 0) is 0 Å². The second-order valence-electron chi connectivity index (χ2n) is 12.7. The van der Waals surface area contributed by atoms with Gasteiger partial charge in [-0.15, -0.1) is 0 Å². The molecule has 0 saturated carbocycles. The summed E-state index contributed by atoms with van der Waals surface area (Å²) in [6.07, 6.45) is 4.90. The number of hydrogen-bond acceptors (Lipinski definition) is 3. The Labute approximate surface area is 288 Å². The SMILES string of the molecule is N#CC1=CC(c2cccc(-c3cccc(C#N)c3-n3c4ccccc4c4cc(C#N)ccc43)c2)=C[C@H](n2c3ccccc3c3ccccc32)C1. The second-order valence-corrected chi connectivity index (χ2v) is 12.7. The Morgan fingerprint density at radius 1 is 0.540 bits per heavy atom. The van der Waals surface area contributed by atoms with Crippen molar-refractivity contribution in [3.63, 3.8) is 0 Å². The van der Waals surface area contributed by atoms with Crippen molar-refractivity contribution in [2.45, 2.75) is 12.5 Å². The van der Waals surface area contributed by atoms with Crippen LogP contribution in [0.3, 0.4) is 0 Å². The highest BCUT2D eigenvalue weighted by Crippen LogP contribution is 2.41. The van der Waals surface area contributed by atoms with Gasteiger partial charge in [-0.1, -0.05) is 91.0 Å². The number of aromatic nitrogens is 2. The lowest BCUT2D eigenvalue weighted by Crippen LogP contribution is -2.11. The van der Waals surface area contributed by atoms with Crippen LogP contribution in [0.5, 0.6) is 0 Å². The lowest BCUT2D eigenvalue weighted by molar-refractivity contribution is 0.639. The molecule has 9 rings (SSSR count). The van der Waals surface area contributed by atoms with Crippen molar-refractivity contribution in [2.24, 2.45) is 0 Å². The summed E-state index contributed by atoms with van der Waals surface area (Å²) < 4.78 is 4.52. The molecule has 2 heterocycles. The lowest BCUT2D eigenvalue weighted by Gasteiger charge is -2.23. The summed E-state index contributed by atoms with van der Waals surface area (Å²) >= 11 is 0. The fraction of sp³-hybridized carbons (Fsp3) is 0.0444. The van der Waals surface area contributed by atoms with E-state index in [1.165, 1.54) is 10.8 Å². The van der Waals surface area contributed by atoms with Crippen LogP contribution >= 0.6 is 0 Å². The van der Waals surface area contributed by atoms with E-state index in [9.17, 15) is 15.8 Å². The Hall–Kier alpha value is -7.13. The third-order valence-corrected chi connectivity index (χ3v) is 9.91. The molecule has 0 aliphatic heterocycles. The van der Waals surface area contributed by atoms with Crippen molar-refractivity contribution in [3.05, 3.63) is 168 Å². The molecule has 0 amide bonds. The summed E-state index contributed by atoms with van der Waals surface area (Å²) in [5.41, 5.74) is 10.7. The number of nitrogens with zero attached hydrogens (tertiary/aromatic N) is 5. The molecule has 6 aromatic carbocycles. The van der Waals surface area contributed by atoms with Crippen LogP contribution in [0.4, 0.5) is 0 Å². The highest BCUT2D eigenvalue weighted by molar-refractivity contribution is 6.11. The minimum Gasteiger partial charge on any atom is -0.333 e. The van der Waals surface area contributed by atoms with Gasteiger partial charge < -0.3 is 9.13 Å². The third-order valence-electron chi connectivity index (χ3n) is 9.91. The summed E-state index contributed by atoms with van der Waals surface area (Å²) in [4.78, 5) is 0. The predicted molar refractivity (Wildman–Crippen MR) is 200 cm³/mol. The molecule has 1 aliphatic carbocycles. The van der Waals surface area contributed by atoms with Crippen LogP contribution in [0.15, 0.2) is 151 Å². The van der Waals surface area contributed by atoms with Crippen LogP contribution < -0.4 is 0 Å². The fourth-order valence-electron chi connectivity index (χ4n) is 7.78. The zero-order chi connectivity index (χ0) is 33.8. The van der Waals surface area contributed by atoms with Gasteiger partial charge in [-0.25, -0.2) is 0 Å². The zero-order valence-electron chi connectivity index (χ0n) is 26.9. The zero-order valence-corrected chi connectivity index (χ0v) is 26.9. The van der Waals surface area contributed by atoms with Gasteiger partial charge in [-0.3, -0.25) is 0 Å². The maximum Gasteiger partial charge on any atom is 0.101 e. The highest BCUT2D eigenvalue weighted by atomic mass is 15.0. The Balaban J connectivity index is 1.23. The Kier molecular flexibility index (Phi) is 6.70. The average Bonchev–Trinajstić information content (AvgIpc) is 3.70. The minimum atomic E-state index is -0.0495.